The zero-order valence-corrected chi connectivity index (χ0v) is 12.1. The molecule has 5 heteroatoms. The van der Waals surface area contributed by atoms with Crippen LogP contribution < -0.4 is 0 Å². The first-order chi connectivity index (χ1) is 8.43. The van der Waals surface area contributed by atoms with Crippen molar-refractivity contribution < 1.29 is 5.11 Å². The lowest BCUT2D eigenvalue weighted by atomic mass is 10.1. The van der Waals surface area contributed by atoms with Gasteiger partial charge in [0.25, 0.3) is 0 Å². The molecule has 1 N–H and O–H groups in total. The van der Waals surface area contributed by atoms with Crippen molar-refractivity contribution in [3.8, 4) is 11.2 Å². The summed E-state index contributed by atoms with van der Waals surface area (Å²) >= 11 is 1.12. The SMILES string of the molecule is CN(C)Cc1cc(SC#N)cc(CN(C)C)c1O. The molecule has 0 saturated heterocycles. The lowest BCUT2D eigenvalue weighted by molar-refractivity contribution is 0.367. The van der Waals surface area contributed by atoms with Crippen molar-refractivity contribution >= 4 is 11.8 Å². The third kappa shape index (κ3) is 4.22. The van der Waals surface area contributed by atoms with Gasteiger partial charge in [-0.3, -0.25) is 0 Å². The van der Waals surface area contributed by atoms with Crippen molar-refractivity contribution in [2.24, 2.45) is 0 Å². The molecule has 0 aliphatic rings. The van der Waals surface area contributed by atoms with E-state index in [1.54, 1.807) is 0 Å². The number of phenolic OH excluding ortho intramolecular Hbond substituents is 1. The van der Waals surface area contributed by atoms with E-state index in [2.05, 4.69) is 5.40 Å². The summed E-state index contributed by atoms with van der Waals surface area (Å²) in [6.45, 7) is 1.32. The molecule has 0 spiro atoms. The van der Waals surface area contributed by atoms with Crippen LogP contribution in [-0.2, 0) is 13.1 Å². The Bertz CT molecular complexity index is 421. The second kappa shape index (κ2) is 6.64. The van der Waals surface area contributed by atoms with Crippen LogP contribution >= 0.6 is 11.8 Å². The summed E-state index contributed by atoms with van der Waals surface area (Å²) in [7, 11) is 7.81. The predicted octanol–water partition coefficient (Wildman–Crippen LogP) is 2.09. The zero-order valence-electron chi connectivity index (χ0n) is 11.3. The van der Waals surface area contributed by atoms with Gasteiger partial charge in [0, 0.05) is 29.1 Å². The summed E-state index contributed by atoms with van der Waals surface area (Å²) in [5.74, 6) is 0.333. The number of rotatable bonds is 5. The number of hydrogen-bond acceptors (Lipinski definition) is 5. The largest absolute Gasteiger partial charge is 0.507 e. The highest BCUT2D eigenvalue weighted by molar-refractivity contribution is 8.03. The van der Waals surface area contributed by atoms with Gasteiger partial charge in [-0.15, -0.1) is 0 Å². The molecule has 1 aromatic carbocycles. The molecule has 0 amide bonds. The smallest absolute Gasteiger partial charge is 0.138 e. The van der Waals surface area contributed by atoms with E-state index in [1.165, 1.54) is 0 Å². The molecular weight excluding hydrogens is 246 g/mol. The Morgan fingerprint density at radius 1 is 1.11 bits per heavy atom. The molecule has 0 saturated carbocycles. The fourth-order valence-electron chi connectivity index (χ4n) is 1.76. The molecule has 0 bridgehead atoms. The summed E-state index contributed by atoms with van der Waals surface area (Å²) < 4.78 is 0. The van der Waals surface area contributed by atoms with Crippen LogP contribution in [0.1, 0.15) is 11.1 Å². The fraction of sp³-hybridized carbons (Fsp3) is 0.462. The van der Waals surface area contributed by atoms with Crippen molar-refractivity contribution in [2.45, 2.75) is 18.0 Å². The van der Waals surface area contributed by atoms with E-state index in [-0.39, 0.29) is 0 Å². The molecule has 0 aliphatic heterocycles. The molecule has 0 fully saturated rings. The minimum atomic E-state index is 0.333. The van der Waals surface area contributed by atoms with Gasteiger partial charge in [-0.25, -0.2) is 0 Å². The van der Waals surface area contributed by atoms with Crippen molar-refractivity contribution in [1.29, 1.82) is 5.26 Å². The van der Waals surface area contributed by atoms with Crippen LogP contribution in [0.4, 0.5) is 0 Å². The van der Waals surface area contributed by atoms with Gasteiger partial charge in [0.05, 0.1) is 0 Å². The average molecular weight is 265 g/mol. The summed E-state index contributed by atoms with van der Waals surface area (Å²) in [5.41, 5.74) is 1.72. The first kappa shape index (κ1) is 14.8. The average Bonchev–Trinajstić information content (AvgIpc) is 2.23. The molecular formula is C13H19N3OS. The monoisotopic (exact) mass is 265 g/mol. The number of aromatic hydroxyl groups is 1. The summed E-state index contributed by atoms with van der Waals surface area (Å²) in [6.07, 6.45) is 0. The fourth-order valence-corrected chi connectivity index (χ4v) is 2.27. The first-order valence-electron chi connectivity index (χ1n) is 5.64. The highest BCUT2D eigenvalue weighted by atomic mass is 32.2. The minimum Gasteiger partial charge on any atom is -0.507 e. The summed E-state index contributed by atoms with van der Waals surface area (Å²) in [5, 5.41) is 21.1. The van der Waals surface area contributed by atoms with Gasteiger partial charge in [0.1, 0.15) is 11.2 Å². The van der Waals surface area contributed by atoms with Gasteiger partial charge < -0.3 is 14.9 Å². The molecule has 0 heterocycles. The van der Waals surface area contributed by atoms with Crippen molar-refractivity contribution in [3.05, 3.63) is 23.3 Å². The van der Waals surface area contributed by atoms with E-state index in [1.807, 2.05) is 50.1 Å². The summed E-state index contributed by atoms with van der Waals surface area (Å²) in [4.78, 5) is 4.87. The maximum atomic E-state index is 10.2. The van der Waals surface area contributed by atoms with Crippen LogP contribution in [0.25, 0.3) is 0 Å². The quantitative estimate of drug-likeness (QED) is 0.652. The van der Waals surface area contributed by atoms with E-state index < -0.39 is 0 Å². The van der Waals surface area contributed by atoms with Gasteiger partial charge in [-0.05, 0) is 52.1 Å². The molecule has 0 atom stereocenters. The van der Waals surface area contributed by atoms with Crippen molar-refractivity contribution in [3.63, 3.8) is 0 Å². The van der Waals surface area contributed by atoms with Gasteiger partial charge in [0.2, 0.25) is 0 Å². The Morgan fingerprint density at radius 3 is 1.89 bits per heavy atom. The number of phenols is 1. The number of thiocyanates is 1. The lowest BCUT2D eigenvalue weighted by Gasteiger charge is -2.17. The Labute approximate surface area is 113 Å². The highest BCUT2D eigenvalue weighted by Crippen LogP contribution is 2.30. The second-order valence-corrected chi connectivity index (χ2v) is 5.62. The number of nitrogens with zero attached hydrogens (tertiary/aromatic N) is 3. The number of hydrogen-bond donors (Lipinski definition) is 1. The number of nitriles is 1. The molecule has 0 unspecified atom stereocenters. The maximum absolute atomic E-state index is 10.2. The van der Waals surface area contributed by atoms with Crippen LogP contribution in [-0.4, -0.2) is 43.1 Å². The van der Waals surface area contributed by atoms with E-state index >= 15 is 0 Å². The minimum absolute atomic E-state index is 0.333. The summed E-state index contributed by atoms with van der Waals surface area (Å²) in [6, 6.07) is 3.75. The van der Waals surface area contributed by atoms with E-state index in [0.29, 0.717) is 18.8 Å². The van der Waals surface area contributed by atoms with Gasteiger partial charge in [-0.1, -0.05) is 0 Å². The first-order valence-corrected chi connectivity index (χ1v) is 6.46. The van der Waals surface area contributed by atoms with Crippen molar-refractivity contribution in [1.82, 2.24) is 9.80 Å². The van der Waals surface area contributed by atoms with E-state index in [0.717, 1.165) is 27.8 Å². The zero-order chi connectivity index (χ0) is 13.7. The molecule has 98 valence electrons. The molecule has 4 nitrogen and oxygen atoms in total. The highest BCUT2D eigenvalue weighted by Gasteiger charge is 2.12. The Kier molecular flexibility index (Phi) is 5.48. The molecule has 1 rings (SSSR count). The van der Waals surface area contributed by atoms with Crippen LogP contribution in [0, 0.1) is 10.7 Å². The van der Waals surface area contributed by atoms with Crippen molar-refractivity contribution in [2.75, 3.05) is 28.2 Å². The van der Waals surface area contributed by atoms with Gasteiger partial charge in [0.15, 0.2) is 0 Å². The van der Waals surface area contributed by atoms with E-state index in [4.69, 9.17) is 5.26 Å². The normalized spacial score (nSPS) is 10.9. The molecule has 0 radical (unpaired) electrons. The predicted molar refractivity (Wildman–Crippen MR) is 74.4 cm³/mol. The van der Waals surface area contributed by atoms with Crippen LogP contribution in [0.5, 0.6) is 5.75 Å². The Balaban J connectivity index is 3.15. The van der Waals surface area contributed by atoms with Crippen LogP contribution in [0.15, 0.2) is 17.0 Å². The second-order valence-electron chi connectivity index (χ2n) is 4.76. The lowest BCUT2D eigenvalue weighted by Crippen LogP contribution is -2.14. The van der Waals surface area contributed by atoms with Crippen LogP contribution in [0.3, 0.4) is 0 Å². The number of thioether (sulfide) groups is 1. The van der Waals surface area contributed by atoms with Crippen LogP contribution in [0.2, 0.25) is 0 Å². The Hall–Kier alpha value is -1.22. The third-order valence-corrected chi connectivity index (χ3v) is 2.94. The molecule has 18 heavy (non-hydrogen) atoms. The molecule has 0 aromatic heterocycles. The maximum Gasteiger partial charge on any atom is 0.138 e. The topological polar surface area (TPSA) is 50.5 Å². The molecule has 1 aromatic rings. The third-order valence-electron chi connectivity index (χ3n) is 2.38. The standard InChI is InChI=1S/C13H19N3OS/c1-15(2)7-10-5-12(18-9-14)6-11(13(10)17)8-16(3)4/h5-6,17H,7-8H2,1-4H3. The molecule has 0 aliphatic carbocycles. The van der Waals surface area contributed by atoms with Gasteiger partial charge >= 0.3 is 0 Å². The Morgan fingerprint density at radius 2 is 1.56 bits per heavy atom. The van der Waals surface area contributed by atoms with Gasteiger partial charge in [-0.2, -0.15) is 5.26 Å². The number of benzene rings is 1. The van der Waals surface area contributed by atoms with E-state index in [9.17, 15) is 5.11 Å².